The fourth-order valence-electron chi connectivity index (χ4n) is 3.77. The molecule has 0 amide bonds. The van der Waals surface area contributed by atoms with Crippen molar-refractivity contribution in [2.45, 2.75) is 51.0 Å². The molecule has 8 nitrogen and oxygen atoms in total. The fraction of sp³-hybridized carbons (Fsp3) is 0.381. The number of thiophene rings is 1. The zero-order chi connectivity index (χ0) is 22.2. The monoisotopic (exact) mass is 460 g/mol. The lowest BCUT2D eigenvalue weighted by molar-refractivity contribution is 0.0461. The number of carbonyl (C=O) groups excluding carboxylic acids is 1. The Morgan fingerprint density at radius 1 is 1.26 bits per heavy atom. The number of hydrogen-bond donors (Lipinski definition) is 2. The van der Waals surface area contributed by atoms with Gasteiger partial charge in [-0.15, -0.1) is 11.3 Å². The minimum Gasteiger partial charge on any atom is -0.454 e. The summed E-state index contributed by atoms with van der Waals surface area (Å²) in [5, 5.41) is 0.923. The first-order chi connectivity index (χ1) is 14.8. The number of nitrogens with zero attached hydrogens (tertiary/aromatic N) is 2. The number of hydrogen-bond acceptors (Lipinski definition) is 8. The Labute approximate surface area is 184 Å². The van der Waals surface area contributed by atoms with Crippen molar-refractivity contribution in [3.8, 4) is 0 Å². The van der Waals surface area contributed by atoms with Gasteiger partial charge in [0.05, 0.1) is 15.8 Å². The van der Waals surface area contributed by atoms with Crippen molar-refractivity contribution in [1.29, 1.82) is 0 Å². The van der Waals surface area contributed by atoms with E-state index in [1.165, 1.54) is 29.0 Å². The second kappa shape index (κ2) is 8.52. The van der Waals surface area contributed by atoms with Gasteiger partial charge < -0.3 is 10.5 Å². The van der Waals surface area contributed by atoms with E-state index in [2.05, 4.69) is 14.7 Å². The van der Waals surface area contributed by atoms with Crippen molar-refractivity contribution < 1.29 is 17.9 Å². The maximum absolute atomic E-state index is 12.7. The van der Waals surface area contributed by atoms with Crippen molar-refractivity contribution in [3.63, 3.8) is 0 Å². The van der Waals surface area contributed by atoms with Crippen LogP contribution in [0.1, 0.15) is 52.0 Å². The van der Waals surface area contributed by atoms with Crippen LogP contribution < -0.4 is 10.5 Å². The molecular weight excluding hydrogens is 436 g/mol. The first-order valence-corrected chi connectivity index (χ1v) is 12.4. The number of nitrogens with two attached hydrogens (primary N) is 1. The molecule has 2 heterocycles. The van der Waals surface area contributed by atoms with E-state index < -0.39 is 16.0 Å². The zero-order valence-electron chi connectivity index (χ0n) is 17.4. The maximum atomic E-state index is 12.7. The molecule has 0 radical (unpaired) electrons. The van der Waals surface area contributed by atoms with Crippen LogP contribution in [-0.2, 0) is 34.2 Å². The first-order valence-electron chi connectivity index (χ1n) is 10.1. The molecule has 4 rings (SSSR count). The average molecular weight is 461 g/mol. The maximum Gasteiger partial charge on any atom is 0.338 e. The van der Waals surface area contributed by atoms with Crippen LogP contribution in [0.25, 0.3) is 10.2 Å². The summed E-state index contributed by atoms with van der Waals surface area (Å²) in [5.41, 5.74) is 8.25. The number of aromatic nitrogens is 2. The Morgan fingerprint density at radius 3 is 2.81 bits per heavy atom. The minimum absolute atomic E-state index is 0.0120. The molecule has 164 valence electrons. The standard InChI is InChI=1S/C21H24N4O4S2/c1-3-23-31(27,28)13-9-8-12(2)15(10-13)21(26)29-11-17-24-19(22)18-14-6-4-5-7-16(14)30-20(18)25-17/h8-10,23H,3-7,11H2,1-2H3,(H2,22,24,25). The number of ether oxygens (including phenoxy) is 1. The predicted molar refractivity (Wildman–Crippen MR) is 120 cm³/mol. The number of carbonyl (C=O) groups is 1. The fourth-order valence-corrected chi connectivity index (χ4v) is 6.12. The number of fused-ring (bicyclic) bond motifs is 3. The smallest absolute Gasteiger partial charge is 0.338 e. The molecule has 3 N–H and O–H groups in total. The molecule has 0 atom stereocenters. The van der Waals surface area contributed by atoms with Crippen molar-refractivity contribution in [2.24, 2.45) is 0 Å². The van der Waals surface area contributed by atoms with Gasteiger partial charge in [0.1, 0.15) is 10.6 Å². The summed E-state index contributed by atoms with van der Waals surface area (Å²) in [6.45, 7) is 3.51. The van der Waals surface area contributed by atoms with Gasteiger partial charge in [0, 0.05) is 11.4 Å². The predicted octanol–water partition coefficient (Wildman–Crippen LogP) is 3.12. The molecule has 0 spiro atoms. The highest BCUT2D eigenvalue weighted by Gasteiger charge is 2.21. The zero-order valence-corrected chi connectivity index (χ0v) is 19.0. The second-order valence-electron chi connectivity index (χ2n) is 7.47. The van der Waals surface area contributed by atoms with Crippen molar-refractivity contribution in [2.75, 3.05) is 12.3 Å². The third kappa shape index (κ3) is 4.28. The number of rotatable bonds is 6. The number of aryl methyl sites for hydroxylation is 3. The van der Waals surface area contributed by atoms with Gasteiger partial charge in [0.15, 0.2) is 12.4 Å². The summed E-state index contributed by atoms with van der Waals surface area (Å²) in [6.07, 6.45) is 4.33. The Balaban J connectivity index is 1.56. The molecule has 1 aliphatic carbocycles. The molecular formula is C21H24N4O4S2. The Kier molecular flexibility index (Phi) is 5.96. The lowest BCUT2D eigenvalue weighted by Crippen LogP contribution is -2.23. The van der Waals surface area contributed by atoms with Crippen LogP contribution in [0, 0.1) is 6.92 Å². The molecule has 0 aliphatic heterocycles. The van der Waals surface area contributed by atoms with E-state index in [1.54, 1.807) is 31.3 Å². The van der Waals surface area contributed by atoms with Gasteiger partial charge in [0.25, 0.3) is 0 Å². The van der Waals surface area contributed by atoms with E-state index in [-0.39, 0.29) is 23.6 Å². The first kappa shape index (κ1) is 21.7. The van der Waals surface area contributed by atoms with Gasteiger partial charge in [-0.3, -0.25) is 0 Å². The Morgan fingerprint density at radius 2 is 2.03 bits per heavy atom. The number of sulfonamides is 1. The van der Waals surface area contributed by atoms with E-state index in [9.17, 15) is 13.2 Å². The molecule has 0 saturated heterocycles. The molecule has 10 heteroatoms. The van der Waals surface area contributed by atoms with Crippen LogP contribution >= 0.6 is 11.3 Å². The van der Waals surface area contributed by atoms with Crippen molar-refractivity contribution >= 4 is 43.4 Å². The summed E-state index contributed by atoms with van der Waals surface area (Å²) in [4.78, 5) is 23.7. The van der Waals surface area contributed by atoms with Crippen LogP contribution in [-0.4, -0.2) is 30.9 Å². The van der Waals surface area contributed by atoms with Gasteiger partial charge in [-0.05, 0) is 55.9 Å². The minimum atomic E-state index is -3.68. The van der Waals surface area contributed by atoms with Gasteiger partial charge in [-0.1, -0.05) is 13.0 Å². The summed E-state index contributed by atoms with van der Waals surface area (Å²) >= 11 is 1.63. The van der Waals surface area contributed by atoms with E-state index in [0.717, 1.165) is 29.5 Å². The van der Waals surface area contributed by atoms with Gasteiger partial charge in [0.2, 0.25) is 10.0 Å². The SMILES string of the molecule is CCNS(=O)(=O)c1ccc(C)c(C(=O)OCc2nc(N)c3c4c(sc3n2)CCCC4)c1. The number of benzene rings is 1. The topological polar surface area (TPSA) is 124 Å². The van der Waals surface area contributed by atoms with E-state index in [1.807, 2.05) is 0 Å². The highest BCUT2D eigenvalue weighted by atomic mass is 32.2. The van der Waals surface area contributed by atoms with E-state index >= 15 is 0 Å². The quantitative estimate of drug-likeness (QED) is 0.542. The molecule has 1 aromatic carbocycles. The molecule has 31 heavy (non-hydrogen) atoms. The number of anilines is 1. The third-order valence-electron chi connectivity index (χ3n) is 5.29. The lowest BCUT2D eigenvalue weighted by Gasteiger charge is -2.11. The largest absolute Gasteiger partial charge is 0.454 e. The van der Waals surface area contributed by atoms with E-state index in [0.29, 0.717) is 17.2 Å². The number of nitrogens with one attached hydrogen (secondary N) is 1. The number of nitrogen functional groups attached to an aromatic ring is 1. The molecule has 1 aliphatic rings. The summed E-state index contributed by atoms with van der Waals surface area (Å²) < 4.78 is 32.3. The van der Waals surface area contributed by atoms with Gasteiger partial charge in [-0.25, -0.2) is 27.9 Å². The van der Waals surface area contributed by atoms with Crippen LogP contribution in [0.3, 0.4) is 0 Å². The molecule has 2 aromatic heterocycles. The summed E-state index contributed by atoms with van der Waals surface area (Å²) in [5.74, 6) is 0.0928. The molecule has 3 aromatic rings. The third-order valence-corrected chi connectivity index (χ3v) is 8.02. The average Bonchev–Trinajstić information content (AvgIpc) is 3.11. The molecule has 0 fully saturated rings. The summed E-state index contributed by atoms with van der Waals surface area (Å²) in [6, 6.07) is 4.36. The normalized spacial score (nSPS) is 13.9. The van der Waals surface area contributed by atoms with Crippen LogP contribution in [0.4, 0.5) is 5.82 Å². The highest BCUT2D eigenvalue weighted by Crippen LogP contribution is 2.37. The summed E-state index contributed by atoms with van der Waals surface area (Å²) in [7, 11) is -3.68. The second-order valence-corrected chi connectivity index (χ2v) is 10.3. The Hall–Kier alpha value is -2.56. The van der Waals surface area contributed by atoms with Crippen LogP contribution in [0.15, 0.2) is 23.1 Å². The molecule has 0 bridgehead atoms. The van der Waals surface area contributed by atoms with Crippen LogP contribution in [0.2, 0.25) is 0 Å². The van der Waals surface area contributed by atoms with Gasteiger partial charge >= 0.3 is 5.97 Å². The number of esters is 1. The Bertz CT molecular complexity index is 1270. The molecule has 0 unspecified atom stereocenters. The van der Waals surface area contributed by atoms with E-state index in [4.69, 9.17) is 10.5 Å². The van der Waals surface area contributed by atoms with Crippen molar-refractivity contribution in [3.05, 3.63) is 45.6 Å². The van der Waals surface area contributed by atoms with Crippen LogP contribution in [0.5, 0.6) is 0 Å². The van der Waals surface area contributed by atoms with Gasteiger partial charge in [-0.2, -0.15) is 0 Å². The molecule has 0 saturated carbocycles. The van der Waals surface area contributed by atoms with Crippen molar-refractivity contribution in [1.82, 2.24) is 14.7 Å². The highest BCUT2D eigenvalue weighted by molar-refractivity contribution is 7.89. The lowest BCUT2D eigenvalue weighted by atomic mass is 9.97.